The Morgan fingerprint density at radius 3 is 2.67 bits per heavy atom. The summed E-state index contributed by atoms with van der Waals surface area (Å²) in [6.07, 6.45) is 0.153. The summed E-state index contributed by atoms with van der Waals surface area (Å²) in [6.45, 7) is 0. The second-order valence-electron chi connectivity index (χ2n) is 3.03. The second kappa shape index (κ2) is 2.26. The molecule has 3 nitrogen and oxygen atoms in total. The van der Waals surface area contributed by atoms with E-state index in [0.717, 1.165) is 12.8 Å². The fourth-order valence-corrected chi connectivity index (χ4v) is 1.01. The molecule has 1 saturated carbocycles. The smallest absolute Gasteiger partial charge is 0.313 e. The molecule has 0 saturated heterocycles. The van der Waals surface area contributed by atoms with Gasteiger partial charge in [-0.2, -0.15) is 8.78 Å². The van der Waals surface area contributed by atoms with Crippen molar-refractivity contribution in [2.24, 2.45) is 5.73 Å². The third-order valence-electron chi connectivity index (χ3n) is 2.01. The van der Waals surface area contributed by atoms with Gasteiger partial charge in [0.15, 0.2) is 0 Å². The van der Waals surface area contributed by atoms with Gasteiger partial charge in [-0.25, -0.2) is 4.98 Å². The lowest BCUT2D eigenvalue weighted by Gasteiger charge is -1.99. The van der Waals surface area contributed by atoms with E-state index in [1.807, 2.05) is 0 Å². The van der Waals surface area contributed by atoms with Gasteiger partial charge in [0.25, 0.3) is 5.89 Å². The van der Waals surface area contributed by atoms with Gasteiger partial charge in [0.05, 0.1) is 11.2 Å². The largest absolute Gasteiger partial charge is 0.443 e. The summed E-state index contributed by atoms with van der Waals surface area (Å²) < 4.78 is 28.5. The van der Waals surface area contributed by atoms with Crippen LogP contribution in [0.2, 0.25) is 0 Å². The molecule has 0 radical (unpaired) electrons. The molecule has 0 unspecified atom stereocenters. The summed E-state index contributed by atoms with van der Waals surface area (Å²) in [6, 6.07) is 0. The van der Waals surface area contributed by atoms with Crippen LogP contribution in [0.25, 0.3) is 0 Å². The molecular formula is C7H8F2N2O. The minimum Gasteiger partial charge on any atom is -0.443 e. The first-order valence-electron chi connectivity index (χ1n) is 3.65. The minimum absolute atomic E-state index is 0.442. The van der Waals surface area contributed by atoms with Gasteiger partial charge in [0.1, 0.15) is 6.26 Å². The highest BCUT2D eigenvalue weighted by Crippen LogP contribution is 2.42. The molecule has 0 spiro atoms. The third kappa shape index (κ3) is 1.10. The van der Waals surface area contributed by atoms with Crippen molar-refractivity contribution < 1.29 is 13.2 Å². The number of halogens is 2. The highest BCUT2D eigenvalue weighted by Gasteiger charge is 2.43. The molecule has 0 aliphatic heterocycles. The molecule has 2 rings (SSSR count). The molecule has 5 heteroatoms. The highest BCUT2D eigenvalue weighted by molar-refractivity contribution is 5.19. The molecule has 1 aliphatic carbocycles. The number of aromatic nitrogens is 1. The normalized spacial score (nSPS) is 20.0. The van der Waals surface area contributed by atoms with Gasteiger partial charge < -0.3 is 10.2 Å². The molecule has 2 N–H and O–H groups in total. The maximum Gasteiger partial charge on any atom is 0.313 e. The van der Waals surface area contributed by atoms with Crippen LogP contribution in [0.5, 0.6) is 0 Å². The predicted octanol–water partition coefficient (Wildman–Crippen LogP) is 1.56. The van der Waals surface area contributed by atoms with Crippen molar-refractivity contribution in [2.75, 3.05) is 0 Å². The lowest BCUT2D eigenvalue weighted by molar-refractivity contribution is 0.115. The molecule has 0 aromatic carbocycles. The topological polar surface area (TPSA) is 52.0 Å². The van der Waals surface area contributed by atoms with Crippen LogP contribution in [-0.2, 0) is 5.54 Å². The van der Waals surface area contributed by atoms with E-state index >= 15 is 0 Å². The van der Waals surface area contributed by atoms with E-state index in [4.69, 9.17) is 5.73 Å². The Morgan fingerprint density at radius 2 is 2.25 bits per heavy atom. The number of alkyl halides is 2. The van der Waals surface area contributed by atoms with Gasteiger partial charge in [0, 0.05) is 0 Å². The fourth-order valence-electron chi connectivity index (χ4n) is 1.01. The van der Waals surface area contributed by atoms with Crippen molar-refractivity contribution in [1.82, 2.24) is 4.98 Å². The van der Waals surface area contributed by atoms with E-state index in [0.29, 0.717) is 5.69 Å². The summed E-state index contributed by atoms with van der Waals surface area (Å²) >= 11 is 0. The van der Waals surface area contributed by atoms with Gasteiger partial charge in [-0.1, -0.05) is 0 Å². The molecular weight excluding hydrogens is 166 g/mol. The first-order valence-corrected chi connectivity index (χ1v) is 3.65. The van der Waals surface area contributed by atoms with Crippen molar-refractivity contribution in [3.8, 4) is 0 Å². The standard InChI is InChI=1S/C7H8F2N2O/c8-5(9)6-11-4(3-12-6)7(10)1-2-7/h3,5H,1-2,10H2. The van der Waals surface area contributed by atoms with Gasteiger partial charge in [0.2, 0.25) is 0 Å². The van der Waals surface area contributed by atoms with Crippen molar-refractivity contribution >= 4 is 0 Å². The highest BCUT2D eigenvalue weighted by atomic mass is 19.3. The molecule has 0 atom stereocenters. The van der Waals surface area contributed by atoms with E-state index in [1.165, 1.54) is 6.26 Å². The van der Waals surface area contributed by atoms with Crippen LogP contribution in [0.15, 0.2) is 10.7 Å². The summed E-state index contributed by atoms with van der Waals surface area (Å²) in [5, 5.41) is 0. The van der Waals surface area contributed by atoms with Crippen LogP contribution < -0.4 is 5.73 Å². The number of rotatable bonds is 2. The summed E-state index contributed by atoms with van der Waals surface area (Å²) in [4.78, 5) is 3.60. The molecule has 1 fully saturated rings. The minimum atomic E-state index is -2.65. The van der Waals surface area contributed by atoms with Crippen LogP contribution >= 0.6 is 0 Å². The Morgan fingerprint density at radius 1 is 1.58 bits per heavy atom. The van der Waals surface area contributed by atoms with E-state index in [-0.39, 0.29) is 0 Å². The van der Waals surface area contributed by atoms with E-state index < -0.39 is 17.9 Å². The van der Waals surface area contributed by atoms with E-state index in [1.54, 1.807) is 0 Å². The lowest BCUT2D eigenvalue weighted by atomic mass is 10.2. The quantitative estimate of drug-likeness (QED) is 0.740. The van der Waals surface area contributed by atoms with Crippen LogP contribution in [0.4, 0.5) is 8.78 Å². The lowest BCUT2D eigenvalue weighted by Crippen LogP contribution is -2.19. The number of nitrogens with zero attached hydrogens (tertiary/aromatic N) is 1. The average molecular weight is 174 g/mol. The van der Waals surface area contributed by atoms with E-state index in [9.17, 15) is 8.78 Å². The Kier molecular flexibility index (Phi) is 1.44. The number of hydrogen-bond donors (Lipinski definition) is 1. The van der Waals surface area contributed by atoms with Crippen molar-refractivity contribution in [3.63, 3.8) is 0 Å². The monoisotopic (exact) mass is 174 g/mol. The Labute approximate surface area is 67.6 Å². The van der Waals surface area contributed by atoms with Crippen molar-refractivity contribution in [3.05, 3.63) is 17.8 Å². The number of nitrogens with two attached hydrogens (primary N) is 1. The number of hydrogen-bond acceptors (Lipinski definition) is 3. The van der Waals surface area contributed by atoms with Crippen LogP contribution in [0.3, 0.4) is 0 Å². The molecule has 1 aliphatic rings. The summed E-state index contributed by atoms with van der Waals surface area (Å²) in [7, 11) is 0. The first kappa shape index (κ1) is 7.67. The molecule has 1 aromatic heterocycles. The molecule has 1 heterocycles. The molecule has 12 heavy (non-hydrogen) atoms. The van der Waals surface area contributed by atoms with Crippen molar-refractivity contribution in [2.45, 2.75) is 24.8 Å². The van der Waals surface area contributed by atoms with Crippen LogP contribution in [-0.4, -0.2) is 4.98 Å². The van der Waals surface area contributed by atoms with Crippen LogP contribution in [0.1, 0.15) is 30.9 Å². The van der Waals surface area contributed by atoms with Crippen LogP contribution in [0, 0.1) is 0 Å². The van der Waals surface area contributed by atoms with Gasteiger partial charge in [-0.3, -0.25) is 0 Å². The fraction of sp³-hybridized carbons (Fsp3) is 0.571. The maximum absolute atomic E-state index is 12.0. The summed E-state index contributed by atoms with van der Waals surface area (Å²) in [5.41, 5.74) is 5.67. The molecule has 1 aromatic rings. The molecule has 0 bridgehead atoms. The average Bonchev–Trinajstić information content (AvgIpc) is 2.61. The zero-order valence-electron chi connectivity index (χ0n) is 6.26. The van der Waals surface area contributed by atoms with Gasteiger partial charge in [-0.15, -0.1) is 0 Å². The zero-order chi connectivity index (χ0) is 8.77. The molecule has 0 amide bonds. The zero-order valence-corrected chi connectivity index (χ0v) is 6.26. The Bertz CT molecular complexity index is 293. The summed E-state index contributed by atoms with van der Waals surface area (Å²) in [5.74, 6) is -0.540. The van der Waals surface area contributed by atoms with Gasteiger partial charge in [-0.05, 0) is 12.8 Å². The van der Waals surface area contributed by atoms with E-state index in [2.05, 4.69) is 9.40 Å². The number of oxazole rings is 1. The Hall–Kier alpha value is -0.970. The van der Waals surface area contributed by atoms with Crippen molar-refractivity contribution in [1.29, 1.82) is 0 Å². The third-order valence-corrected chi connectivity index (χ3v) is 2.01. The molecule has 66 valence electrons. The SMILES string of the molecule is NC1(c2coc(C(F)F)n2)CC1. The maximum atomic E-state index is 12.0. The second-order valence-corrected chi connectivity index (χ2v) is 3.03. The predicted molar refractivity (Wildman–Crippen MR) is 36.6 cm³/mol. The Balaban J connectivity index is 2.25. The van der Waals surface area contributed by atoms with Gasteiger partial charge >= 0.3 is 6.43 Å². The first-order chi connectivity index (χ1) is 5.62.